The molecule has 1 unspecified atom stereocenters. The van der Waals surface area contributed by atoms with Crippen LogP contribution in [0, 0.1) is 0 Å². The Morgan fingerprint density at radius 2 is 1.85 bits per heavy atom. The third-order valence-electron chi connectivity index (χ3n) is 5.06. The number of rotatable bonds is 3. The normalized spacial score (nSPS) is 22.4. The van der Waals surface area contributed by atoms with Gasteiger partial charge in [0.25, 0.3) is 0 Å². The summed E-state index contributed by atoms with van der Waals surface area (Å²) in [5, 5.41) is 7.43. The molecule has 0 bridgehead atoms. The van der Waals surface area contributed by atoms with E-state index in [4.69, 9.17) is 21.4 Å². The average Bonchev–Trinajstić information content (AvgIpc) is 3.06. The molecular weight excluding hydrogens is 348 g/mol. The van der Waals surface area contributed by atoms with Gasteiger partial charge in [0.05, 0.1) is 24.3 Å². The lowest BCUT2D eigenvalue weighted by atomic mass is 9.79. The molecule has 4 rings (SSSR count). The maximum absolute atomic E-state index is 13.1. The lowest BCUT2D eigenvalue weighted by molar-refractivity contribution is -0.120. The molecule has 26 heavy (non-hydrogen) atoms. The Kier molecular flexibility index (Phi) is 4.29. The van der Waals surface area contributed by atoms with Gasteiger partial charge >= 0.3 is 0 Å². The van der Waals surface area contributed by atoms with Crippen LogP contribution in [0.5, 0.6) is 0 Å². The van der Waals surface area contributed by atoms with E-state index < -0.39 is 5.54 Å². The van der Waals surface area contributed by atoms with Gasteiger partial charge in [0.15, 0.2) is 5.78 Å². The van der Waals surface area contributed by atoms with Crippen molar-refractivity contribution in [2.24, 2.45) is 5.10 Å². The van der Waals surface area contributed by atoms with Crippen molar-refractivity contribution in [1.29, 1.82) is 0 Å². The Balaban J connectivity index is 1.78. The number of anilines is 1. The molecule has 0 amide bonds. The summed E-state index contributed by atoms with van der Waals surface area (Å²) in [6.07, 6.45) is 3.57. The molecule has 4 nitrogen and oxygen atoms in total. The standard InChI is InChI=1S/C21H19ClN2O2/c1-26-18-11-12-21(20(25)13-18)14-19(15-7-9-16(22)10-8-15)23-24(21)17-5-3-2-4-6-17/h2-10,13H,11-12,14H2,1H3. The average molecular weight is 367 g/mol. The van der Waals surface area contributed by atoms with Crippen molar-refractivity contribution in [1.82, 2.24) is 0 Å². The van der Waals surface area contributed by atoms with E-state index in [-0.39, 0.29) is 5.78 Å². The minimum atomic E-state index is -0.696. The van der Waals surface area contributed by atoms with Crippen molar-refractivity contribution in [3.8, 4) is 0 Å². The van der Waals surface area contributed by atoms with Crippen LogP contribution in [0.1, 0.15) is 24.8 Å². The predicted molar refractivity (Wildman–Crippen MR) is 104 cm³/mol. The third-order valence-corrected chi connectivity index (χ3v) is 5.31. The summed E-state index contributed by atoms with van der Waals surface area (Å²) < 4.78 is 5.30. The van der Waals surface area contributed by atoms with Gasteiger partial charge in [-0.2, -0.15) is 5.10 Å². The first kappa shape index (κ1) is 16.9. The monoisotopic (exact) mass is 366 g/mol. The lowest BCUT2D eigenvalue weighted by Crippen LogP contribution is -2.51. The van der Waals surface area contributed by atoms with Crippen molar-refractivity contribution in [2.75, 3.05) is 12.1 Å². The summed E-state index contributed by atoms with van der Waals surface area (Å²) in [6.45, 7) is 0. The van der Waals surface area contributed by atoms with Gasteiger partial charge in [-0.15, -0.1) is 0 Å². The van der Waals surface area contributed by atoms with Crippen molar-refractivity contribution >= 4 is 28.8 Å². The quantitative estimate of drug-likeness (QED) is 0.798. The smallest absolute Gasteiger partial charge is 0.187 e. The molecule has 2 aliphatic rings. The number of carbonyl (C=O) groups excluding carboxylic acids is 1. The molecule has 132 valence electrons. The van der Waals surface area contributed by atoms with Crippen molar-refractivity contribution in [3.05, 3.63) is 77.0 Å². The second-order valence-corrected chi connectivity index (χ2v) is 7.02. The molecule has 2 aromatic carbocycles. The minimum absolute atomic E-state index is 0.0390. The fourth-order valence-electron chi connectivity index (χ4n) is 3.63. The maximum Gasteiger partial charge on any atom is 0.187 e. The zero-order valence-corrected chi connectivity index (χ0v) is 15.2. The zero-order chi connectivity index (χ0) is 18.1. The van der Waals surface area contributed by atoms with Crippen LogP contribution in [0.15, 0.2) is 71.5 Å². The number of carbonyl (C=O) groups is 1. The fourth-order valence-corrected chi connectivity index (χ4v) is 3.76. The van der Waals surface area contributed by atoms with Gasteiger partial charge in [0, 0.05) is 23.9 Å². The van der Waals surface area contributed by atoms with Crippen molar-refractivity contribution in [2.45, 2.75) is 24.8 Å². The highest BCUT2D eigenvalue weighted by Gasteiger charge is 2.50. The summed E-state index contributed by atoms with van der Waals surface area (Å²) in [4.78, 5) is 13.1. The number of para-hydroxylation sites is 1. The molecule has 0 radical (unpaired) electrons. The van der Waals surface area contributed by atoms with Gasteiger partial charge in [0.1, 0.15) is 5.54 Å². The molecule has 0 saturated carbocycles. The van der Waals surface area contributed by atoms with E-state index in [0.717, 1.165) is 29.1 Å². The highest BCUT2D eigenvalue weighted by Crippen LogP contribution is 2.42. The molecule has 5 heteroatoms. The Labute approximate surface area is 157 Å². The first-order chi connectivity index (χ1) is 12.6. The van der Waals surface area contributed by atoms with E-state index in [1.165, 1.54) is 0 Å². The molecule has 0 saturated heterocycles. The summed E-state index contributed by atoms with van der Waals surface area (Å²) in [6, 6.07) is 17.5. The second-order valence-electron chi connectivity index (χ2n) is 6.59. The van der Waals surface area contributed by atoms with Crippen LogP contribution in [0.2, 0.25) is 5.02 Å². The molecule has 0 N–H and O–H groups in total. The number of hydrazone groups is 1. The molecular formula is C21H19ClN2O2. The van der Waals surface area contributed by atoms with E-state index in [2.05, 4.69) is 0 Å². The van der Waals surface area contributed by atoms with Crippen molar-refractivity contribution < 1.29 is 9.53 Å². The van der Waals surface area contributed by atoms with E-state index in [1.54, 1.807) is 13.2 Å². The number of allylic oxidation sites excluding steroid dienone is 1. The summed E-state index contributed by atoms with van der Waals surface area (Å²) >= 11 is 6.01. The summed E-state index contributed by atoms with van der Waals surface area (Å²) in [5.74, 6) is 0.769. The molecule has 2 aromatic rings. The van der Waals surface area contributed by atoms with Crippen molar-refractivity contribution in [3.63, 3.8) is 0 Å². The van der Waals surface area contributed by atoms with Gasteiger partial charge in [-0.3, -0.25) is 9.80 Å². The number of benzene rings is 2. The van der Waals surface area contributed by atoms with Gasteiger partial charge in [0.2, 0.25) is 0 Å². The van der Waals surface area contributed by atoms with Gasteiger partial charge in [-0.05, 0) is 36.2 Å². The molecule has 0 fully saturated rings. The van der Waals surface area contributed by atoms with E-state index in [0.29, 0.717) is 17.9 Å². The topological polar surface area (TPSA) is 41.9 Å². The highest BCUT2D eigenvalue weighted by atomic mass is 35.5. The number of hydrogen-bond donors (Lipinski definition) is 0. The molecule has 0 aromatic heterocycles. The van der Waals surface area contributed by atoms with Crippen LogP contribution in [0.4, 0.5) is 5.69 Å². The third kappa shape index (κ3) is 2.80. The molecule has 1 spiro atoms. The van der Waals surface area contributed by atoms with Crippen LogP contribution in [-0.4, -0.2) is 24.1 Å². The minimum Gasteiger partial charge on any atom is -0.501 e. The van der Waals surface area contributed by atoms with Crippen LogP contribution in [0.3, 0.4) is 0 Å². The number of nitrogens with zero attached hydrogens (tertiary/aromatic N) is 2. The molecule has 1 aliphatic carbocycles. The van der Waals surface area contributed by atoms with E-state index in [1.807, 2.05) is 59.6 Å². The van der Waals surface area contributed by atoms with Gasteiger partial charge in [-0.1, -0.05) is 41.9 Å². The second kappa shape index (κ2) is 6.61. The summed E-state index contributed by atoms with van der Waals surface area (Å²) in [5.41, 5.74) is 2.10. The fraction of sp³-hybridized carbons (Fsp3) is 0.238. The summed E-state index contributed by atoms with van der Waals surface area (Å²) in [7, 11) is 1.61. The zero-order valence-electron chi connectivity index (χ0n) is 14.5. The first-order valence-electron chi connectivity index (χ1n) is 8.60. The van der Waals surface area contributed by atoms with Crippen LogP contribution >= 0.6 is 11.6 Å². The Morgan fingerprint density at radius 1 is 1.12 bits per heavy atom. The number of ether oxygens (including phenoxy) is 1. The number of methoxy groups -OCH3 is 1. The Hall–Kier alpha value is -2.59. The maximum atomic E-state index is 13.1. The molecule has 1 heterocycles. The number of halogens is 1. The predicted octanol–water partition coefficient (Wildman–Crippen LogP) is 4.59. The van der Waals surface area contributed by atoms with E-state index in [9.17, 15) is 4.79 Å². The SMILES string of the molecule is COC1=CC(=O)C2(CC1)CC(c1ccc(Cl)cc1)=NN2c1ccccc1. The van der Waals surface area contributed by atoms with Crippen LogP contribution in [-0.2, 0) is 9.53 Å². The largest absolute Gasteiger partial charge is 0.501 e. The lowest BCUT2D eigenvalue weighted by Gasteiger charge is -2.38. The first-order valence-corrected chi connectivity index (χ1v) is 8.98. The Bertz CT molecular complexity index is 890. The number of ketones is 1. The Morgan fingerprint density at radius 3 is 2.50 bits per heavy atom. The van der Waals surface area contributed by atoms with E-state index >= 15 is 0 Å². The van der Waals surface area contributed by atoms with Gasteiger partial charge < -0.3 is 4.74 Å². The van der Waals surface area contributed by atoms with Crippen LogP contribution in [0.25, 0.3) is 0 Å². The highest BCUT2D eigenvalue weighted by molar-refractivity contribution is 6.30. The molecule has 1 atom stereocenters. The van der Waals surface area contributed by atoms with Gasteiger partial charge in [-0.25, -0.2) is 0 Å². The molecule has 1 aliphatic heterocycles. The number of hydrogen-bond acceptors (Lipinski definition) is 4. The van der Waals surface area contributed by atoms with Crippen LogP contribution < -0.4 is 5.01 Å².